The third-order valence-electron chi connectivity index (χ3n) is 9.35. The number of aliphatic hydroxyl groups excluding tert-OH is 1. The monoisotopic (exact) mass is 542 g/mol. The Hall–Kier alpha value is -1.36. The summed E-state index contributed by atoms with van der Waals surface area (Å²) in [7, 11) is 0. The number of halogens is 3. The highest BCUT2D eigenvalue weighted by atomic mass is 19.4. The maximum Gasteiger partial charge on any atom is 0.411 e. The lowest BCUT2D eigenvalue weighted by atomic mass is 9.66. The molecule has 2 nitrogen and oxygen atoms in total. The van der Waals surface area contributed by atoms with E-state index in [-0.39, 0.29) is 0 Å². The molecule has 0 bridgehead atoms. The van der Waals surface area contributed by atoms with Gasteiger partial charge in [0.2, 0.25) is 0 Å². The third-order valence-corrected chi connectivity index (χ3v) is 9.35. The zero-order valence-electron chi connectivity index (χ0n) is 25.4. The molecule has 3 aliphatic carbocycles. The zero-order chi connectivity index (χ0) is 29.7. The molecule has 1 N–H and O–H groups in total. The van der Waals surface area contributed by atoms with Crippen molar-refractivity contribution in [2.45, 2.75) is 112 Å². The van der Waals surface area contributed by atoms with Crippen LogP contribution in [0.5, 0.6) is 0 Å². The molecule has 0 spiro atoms. The summed E-state index contributed by atoms with van der Waals surface area (Å²) in [5, 5.41) is 7.28. The van der Waals surface area contributed by atoms with Crippen LogP contribution < -0.4 is 0 Å². The number of rotatable bonds is 3. The van der Waals surface area contributed by atoms with Gasteiger partial charge in [-0.1, -0.05) is 66.7 Å². The number of hydrogen-bond acceptors (Lipinski definition) is 2. The van der Waals surface area contributed by atoms with Crippen LogP contribution in [0.1, 0.15) is 106 Å². The van der Waals surface area contributed by atoms with Crippen molar-refractivity contribution in [3.8, 4) is 0 Å². The Morgan fingerprint density at radius 2 is 1.11 bits per heavy atom. The van der Waals surface area contributed by atoms with Crippen LogP contribution in [0.2, 0.25) is 0 Å². The van der Waals surface area contributed by atoms with E-state index in [1.54, 1.807) is 0 Å². The summed E-state index contributed by atoms with van der Waals surface area (Å²) in [6, 6.07) is 0. The van der Waals surface area contributed by atoms with Crippen molar-refractivity contribution in [3.63, 3.8) is 0 Å². The van der Waals surface area contributed by atoms with E-state index in [2.05, 4.69) is 73.4 Å². The Kier molecular flexibility index (Phi) is 16.1. The molecule has 0 amide bonds. The maximum absolute atomic E-state index is 11.1. The molecule has 222 valence electrons. The molecule has 0 aromatic heterocycles. The van der Waals surface area contributed by atoms with Crippen LogP contribution in [-0.2, 0) is 4.79 Å². The molecular weight excluding hydrogens is 485 g/mol. The predicted octanol–water partition coefficient (Wildman–Crippen LogP) is 9.99. The third kappa shape index (κ3) is 14.1. The van der Waals surface area contributed by atoms with Crippen LogP contribution in [0, 0.1) is 46.3 Å². The van der Waals surface area contributed by atoms with Crippen LogP contribution >= 0.6 is 0 Å². The van der Waals surface area contributed by atoms with Crippen molar-refractivity contribution in [2.75, 3.05) is 6.61 Å². The van der Waals surface area contributed by atoms with Crippen LogP contribution in [0.3, 0.4) is 0 Å². The van der Waals surface area contributed by atoms with E-state index < -0.39 is 12.8 Å². The van der Waals surface area contributed by atoms with Gasteiger partial charge in [0.25, 0.3) is 0 Å². The Morgan fingerprint density at radius 1 is 0.763 bits per heavy atom. The summed E-state index contributed by atoms with van der Waals surface area (Å²) in [5.41, 5.74) is 1.08. The molecular formula is C33H57F3O2. The maximum atomic E-state index is 11.1. The van der Waals surface area contributed by atoms with Crippen LogP contribution in [0.4, 0.5) is 13.2 Å². The quantitative estimate of drug-likeness (QED) is 0.360. The van der Waals surface area contributed by atoms with Gasteiger partial charge in [0.05, 0.1) is 0 Å². The minimum atomic E-state index is -4.40. The SMILES string of the molecule is C=C[C@@H]1CC[C@H](C)C(=O)C1.C=C[C@@H]1CC[C@H](C)C(C)(C)C1.C=C[C@@H]1CC[C@H](C)C(C)(C)C1.OCC(F)(F)F. The minimum Gasteiger partial charge on any atom is -0.387 e. The number of carbonyl (C=O) groups excluding carboxylic acids is 1. The van der Waals surface area contributed by atoms with Crippen LogP contribution in [0.25, 0.3) is 0 Å². The fourth-order valence-electron chi connectivity index (χ4n) is 5.46. The van der Waals surface area contributed by atoms with E-state index in [9.17, 15) is 18.0 Å². The van der Waals surface area contributed by atoms with Gasteiger partial charge in [-0.25, -0.2) is 0 Å². The summed E-state index contributed by atoms with van der Waals surface area (Å²) >= 11 is 0. The largest absolute Gasteiger partial charge is 0.411 e. The molecule has 0 heterocycles. The fourth-order valence-corrected chi connectivity index (χ4v) is 5.46. The molecule has 38 heavy (non-hydrogen) atoms. The number of alkyl halides is 3. The summed E-state index contributed by atoms with van der Waals surface area (Å²) < 4.78 is 31.6. The number of allylic oxidation sites excluding steroid dienone is 3. The lowest BCUT2D eigenvalue weighted by molar-refractivity contribution is -0.159. The molecule has 0 unspecified atom stereocenters. The first-order valence-corrected chi connectivity index (χ1v) is 14.5. The number of ketones is 1. The molecule has 0 aromatic carbocycles. The van der Waals surface area contributed by atoms with Gasteiger partial charge in [-0.05, 0) is 91.8 Å². The van der Waals surface area contributed by atoms with E-state index in [0.29, 0.717) is 28.4 Å². The highest BCUT2D eigenvalue weighted by Gasteiger charge is 2.33. The summed E-state index contributed by atoms with van der Waals surface area (Å²) in [6.07, 6.45) is 12.8. The van der Waals surface area contributed by atoms with Crippen molar-refractivity contribution in [1.29, 1.82) is 0 Å². The van der Waals surface area contributed by atoms with Crippen molar-refractivity contribution in [2.24, 2.45) is 46.3 Å². The second kappa shape index (κ2) is 16.7. The van der Waals surface area contributed by atoms with E-state index in [4.69, 9.17) is 5.11 Å². The first-order chi connectivity index (χ1) is 17.4. The molecule has 0 aromatic rings. The lowest BCUT2D eigenvalue weighted by Gasteiger charge is -2.39. The molecule has 0 radical (unpaired) electrons. The van der Waals surface area contributed by atoms with Crippen LogP contribution in [0.15, 0.2) is 38.0 Å². The van der Waals surface area contributed by atoms with Gasteiger partial charge in [0.15, 0.2) is 0 Å². The van der Waals surface area contributed by atoms with Gasteiger partial charge < -0.3 is 5.11 Å². The van der Waals surface area contributed by atoms with Crippen molar-refractivity contribution in [1.82, 2.24) is 0 Å². The number of hydrogen-bond donors (Lipinski definition) is 1. The predicted molar refractivity (Wildman–Crippen MR) is 156 cm³/mol. The fraction of sp³-hybridized carbons (Fsp3) is 0.788. The first kappa shape index (κ1) is 36.6. The average Bonchev–Trinajstić information content (AvgIpc) is 2.85. The van der Waals surface area contributed by atoms with Gasteiger partial charge >= 0.3 is 6.18 Å². The van der Waals surface area contributed by atoms with Crippen molar-refractivity contribution in [3.05, 3.63) is 38.0 Å². The molecule has 0 aliphatic heterocycles. The smallest absolute Gasteiger partial charge is 0.387 e. The van der Waals surface area contributed by atoms with Crippen LogP contribution in [-0.4, -0.2) is 23.7 Å². The highest BCUT2D eigenvalue weighted by Crippen LogP contribution is 2.44. The van der Waals surface area contributed by atoms with Gasteiger partial charge in [0.1, 0.15) is 12.4 Å². The molecule has 6 atom stereocenters. The molecule has 3 fully saturated rings. The Balaban J connectivity index is 0.000000491. The molecule has 0 saturated heterocycles. The van der Waals surface area contributed by atoms with E-state index in [0.717, 1.165) is 42.9 Å². The molecule has 3 aliphatic rings. The minimum absolute atomic E-state index is 0.302. The van der Waals surface area contributed by atoms with E-state index in [1.165, 1.54) is 38.5 Å². The second-order valence-electron chi connectivity index (χ2n) is 13.3. The molecule has 5 heteroatoms. The van der Waals surface area contributed by atoms with Gasteiger partial charge in [-0.15, -0.1) is 19.7 Å². The Labute approximate surface area is 232 Å². The highest BCUT2D eigenvalue weighted by molar-refractivity contribution is 5.81. The molecule has 3 rings (SSSR count). The first-order valence-electron chi connectivity index (χ1n) is 14.5. The summed E-state index contributed by atoms with van der Waals surface area (Å²) in [6.45, 7) is 26.0. The normalized spacial score (nSPS) is 32.0. The van der Waals surface area contributed by atoms with Crippen molar-refractivity contribution < 1.29 is 23.1 Å². The number of Topliss-reactive ketones (excluding diaryl/α,β-unsaturated/α-hetero) is 1. The van der Waals surface area contributed by atoms with Gasteiger partial charge in [-0.2, -0.15) is 13.2 Å². The summed E-state index contributed by atoms with van der Waals surface area (Å²) in [5.74, 6) is 4.51. The standard InChI is InChI=1S/2C11H20.C9H14O.C2H3F3O/c2*1-5-10-7-6-9(2)11(3,4)8-10;1-3-8-5-4-7(2)9(10)6-8;3-2(4,5)1-6/h2*5,9-10H,1,6-8H2,2-4H3;3,7-8H,1,4-6H2,2H3;6H,1H2/t2*9-,10+;7-,8+;/m000./s1. The lowest BCUT2D eigenvalue weighted by Crippen LogP contribution is -2.29. The van der Waals surface area contributed by atoms with E-state index in [1.807, 2.05) is 13.0 Å². The number of aliphatic hydroxyl groups is 1. The van der Waals surface area contributed by atoms with Crippen molar-refractivity contribution >= 4 is 5.78 Å². The van der Waals surface area contributed by atoms with Gasteiger partial charge in [-0.3, -0.25) is 4.79 Å². The van der Waals surface area contributed by atoms with Gasteiger partial charge in [0, 0.05) is 12.3 Å². The topological polar surface area (TPSA) is 37.3 Å². The zero-order valence-corrected chi connectivity index (χ0v) is 25.4. The Morgan fingerprint density at radius 3 is 1.37 bits per heavy atom. The Bertz CT molecular complexity index is 686. The second-order valence-corrected chi connectivity index (χ2v) is 13.3. The summed E-state index contributed by atoms with van der Waals surface area (Å²) in [4.78, 5) is 11.1. The number of carbonyl (C=O) groups is 1. The average molecular weight is 543 g/mol. The van der Waals surface area contributed by atoms with E-state index >= 15 is 0 Å². The molecule has 3 saturated carbocycles.